The number of aromatic amines is 2. The van der Waals surface area contributed by atoms with Gasteiger partial charge in [-0.15, -0.1) is 0 Å². The van der Waals surface area contributed by atoms with Crippen LogP contribution in [0.5, 0.6) is 5.75 Å². The summed E-state index contributed by atoms with van der Waals surface area (Å²) in [4.78, 5) is 6.80. The van der Waals surface area contributed by atoms with E-state index in [2.05, 4.69) is 54.7 Å². The Bertz CT molecular complexity index is 997. The lowest BCUT2D eigenvalue weighted by atomic mass is 10.2. The van der Waals surface area contributed by atoms with Crippen molar-refractivity contribution in [3.63, 3.8) is 0 Å². The molecule has 24 heavy (non-hydrogen) atoms. The molecule has 0 aliphatic heterocycles. The molecule has 0 saturated carbocycles. The number of aryl methyl sites for hydroxylation is 3. The van der Waals surface area contributed by atoms with Crippen molar-refractivity contribution in [1.29, 1.82) is 0 Å². The summed E-state index contributed by atoms with van der Waals surface area (Å²) < 4.78 is 5.17. The molecule has 3 nitrogen and oxygen atoms in total. The van der Waals surface area contributed by atoms with Gasteiger partial charge in [-0.25, -0.2) is 0 Å². The molecule has 122 valence electrons. The number of aromatic nitrogens is 2. The highest BCUT2D eigenvalue weighted by Gasteiger charge is 1.99. The molecule has 3 heteroatoms. The van der Waals surface area contributed by atoms with Gasteiger partial charge in [0.25, 0.3) is 0 Å². The van der Waals surface area contributed by atoms with E-state index in [1.807, 2.05) is 30.3 Å². The van der Waals surface area contributed by atoms with E-state index < -0.39 is 0 Å². The maximum atomic E-state index is 5.17. The molecule has 0 atom stereocenters. The minimum atomic E-state index is 0.858. The van der Waals surface area contributed by atoms with Crippen LogP contribution in [-0.2, 0) is 0 Å². The summed E-state index contributed by atoms with van der Waals surface area (Å²) in [6.07, 6.45) is 4.12. The van der Waals surface area contributed by atoms with E-state index in [0.717, 1.165) is 27.7 Å². The summed E-state index contributed by atoms with van der Waals surface area (Å²) in [5, 5.41) is 2.07. The van der Waals surface area contributed by atoms with Crippen LogP contribution in [0, 0.1) is 20.8 Å². The van der Waals surface area contributed by atoms with Crippen molar-refractivity contribution in [2.45, 2.75) is 20.8 Å². The number of nitrogens with one attached hydrogen (secondary N) is 2. The van der Waals surface area contributed by atoms with E-state index >= 15 is 0 Å². The first-order chi connectivity index (χ1) is 11.5. The summed E-state index contributed by atoms with van der Waals surface area (Å²) in [6, 6.07) is 12.2. The van der Waals surface area contributed by atoms with E-state index in [9.17, 15) is 0 Å². The molecular weight excluding hydrogens is 296 g/mol. The zero-order valence-electron chi connectivity index (χ0n) is 14.5. The van der Waals surface area contributed by atoms with Crippen LogP contribution in [0.4, 0.5) is 0 Å². The van der Waals surface area contributed by atoms with Gasteiger partial charge in [0.15, 0.2) is 0 Å². The number of rotatable bonds is 3. The van der Waals surface area contributed by atoms with Gasteiger partial charge >= 0.3 is 0 Å². The third-order valence-corrected chi connectivity index (χ3v) is 4.04. The van der Waals surface area contributed by atoms with Crippen LogP contribution in [0.3, 0.4) is 0 Å². The highest BCUT2D eigenvalue weighted by molar-refractivity contribution is 5.59. The number of benzene rings is 1. The molecule has 0 unspecified atom stereocenters. The second-order valence-electron chi connectivity index (χ2n) is 6.03. The van der Waals surface area contributed by atoms with Crippen LogP contribution >= 0.6 is 0 Å². The van der Waals surface area contributed by atoms with Crippen molar-refractivity contribution in [3.8, 4) is 5.75 Å². The lowest BCUT2D eigenvalue weighted by molar-refractivity contribution is 0.415. The standard InChI is InChI=1S/C21H22N2O/c1-14-11-16(3)22-20(14)13-21-15(2)12-18(23-21)8-5-17-6-9-19(24-4)10-7-17/h5-7,9-13,22-23H,1-4H3. The Morgan fingerprint density at radius 3 is 2.33 bits per heavy atom. The maximum Gasteiger partial charge on any atom is 0.118 e. The van der Waals surface area contributed by atoms with Gasteiger partial charge in [0.1, 0.15) is 5.75 Å². The predicted octanol–water partition coefficient (Wildman–Crippen LogP) is 3.20. The van der Waals surface area contributed by atoms with Gasteiger partial charge in [0, 0.05) is 16.7 Å². The van der Waals surface area contributed by atoms with Crippen molar-refractivity contribution in [2.75, 3.05) is 7.11 Å². The summed E-state index contributed by atoms with van der Waals surface area (Å²) >= 11 is 0. The van der Waals surface area contributed by atoms with E-state index in [0.29, 0.717) is 0 Å². The highest BCUT2D eigenvalue weighted by Crippen LogP contribution is 2.12. The van der Waals surface area contributed by atoms with Crippen LogP contribution in [0.2, 0.25) is 0 Å². The molecule has 0 radical (unpaired) electrons. The van der Waals surface area contributed by atoms with Crippen molar-refractivity contribution in [1.82, 2.24) is 9.97 Å². The molecule has 0 fully saturated rings. The minimum Gasteiger partial charge on any atom is -0.497 e. The van der Waals surface area contributed by atoms with E-state index in [1.54, 1.807) is 7.11 Å². The lowest BCUT2D eigenvalue weighted by Crippen LogP contribution is -2.10. The summed E-state index contributed by atoms with van der Waals surface area (Å²) in [5.41, 5.74) is 9.17. The molecule has 3 aromatic rings. The first kappa shape index (κ1) is 16.0. The SMILES string of the molecule is COc1ccc(C=C=c2cc(C)c(=Cc3[nH]c(C)cc3C)[nH]2)cc1. The van der Waals surface area contributed by atoms with E-state index in [1.165, 1.54) is 16.8 Å². The van der Waals surface area contributed by atoms with Gasteiger partial charge in [-0.3, -0.25) is 0 Å². The van der Waals surface area contributed by atoms with Crippen LogP contribution in [-0.4, -0.2) is 17.1 Å². The fourth-order valence-corrected chi connectivity index (χ4v) is 2.71. The van der Waals surface area contributed by atoms with Crippen molar-refractivity contribution in [3.05, 3.63) is 75.2 Å². The molecule has 0 aliphatic carbocycles. The Balaban J connectivity index is 1.98. The number of H-pyrrole nitrogens is 2. The average molecular weight is 318 g/mol. The number of methoxy groups -OCH3 is 1. The van der Waals surface area contributed by atoms with Crippen molar-refractivity contribution < 1.29 is 4.74 Å². The van der Waals surface area contributed by atoms with E-state index in [4.69, 9.17) is 4.74 Å². The molecule has 3 rings (SSSR count). The van der Waals surface area contributed by atoms with Crippen LogP contribution in [0.25, 0.3) is 17.9 Å². The average Bonchev–Trinajstić information content (AvgIpc) is 3.08. The Kier molecular flexibility index (Phi) is 4.45. The quantitative estimate of drug-likeness (QED) is 0.765. The molecule has 0 spiro atoms. The fraction of sp³-hybridized carbons (Fsp3) is 0.190. The molecule has 2 heterocycles. The Labute approximate surface area is 142 Å². The Morgan fingerprint density at radius 2 is 1.71 bits per heavy atom. The van der Waals surface area contributed by atoms with Crippen LogP contribution in [0.15, 0.2) is 36.4 Å². The molecule has 2 aromatic heterocycles. The topological polar surface area (TPSA) is 40.8 Å². The van der Waals surface area contributed by atoms with E-state index in [-0.39, 0.29) is 0 Å². The fourth-order valence-electron chi connectivity index (χ4n) is 2.71. The largest absolute Gasteiger partial charge is 0.497 e. The zero-order valence-corrected chi connectivity index (χ0v) is 14.5. The molecule has 0 amide bonds. The molecule has 1 aromatic carbocycles. The minimum absolute atomic E-state index is 0.858. The predicted molar refractivity (Wildman–Crippen MR) is 99.5 cm³/mol. The summed E-state index contributed by atoms with van der Waals surface area (Å²) in [6.45, 7) is 6.29. The molecule has 0 aliphatic rings. The number of hydrogen-bond acceptors (Lipinski definition) is 1. The van der Waals surface area contributed by atoms with Crippen molar-refractivity contribution >= 4 is 17.9 Å². The second-order valence-corrected chi connectivity index (χ2v) is 6.03. The van der Waals surface area contributed by atoms with Crippen LogP contribution in [0.1, 0.15) is 28.1 Å². The lowest BCUT2D eigenvalue weighted by Gasteiger charge is -1.97. The number of hydrogen-bond donors (Lipinski definition) is 2. The smallest absolute Gasteiger partial charge is 0.118 e. The molecular formula is C21H22N2O. The molecule has 0 saturated heterocycles. The number of ether oxygens (including phenoxy) is 1. The Morgan fingerprint density at radius 1 is 0.958 bits per heavy atom. The van der Waals surface area contributed by atoms with Gasteiger partial charge in [0.05, 0.1) is 12.5 Å². The maximum absolute atomic E-state index is 5.17. The van der Waals surface area contributed by atoms with Gasteiger partial charge in [-0.2, -0.15) is 0 Å². The van der Waals surface area contributed by atoms with Gasteiger partial charge in [0.2, 0.25) is 0 Å². The van der Waals surface area contributed by atoms with Crippen molar-refractivity contribution in [2.24, 2.45) is 0 Å². The van der Waals surface area contributed by atoms with Gasteiger partial charge in [-0.05, 0) is 73.9 Å². The summed E-state index contributed by atoms with van der Waals surface area (Å²) in [5.74, 6) is 0.858. The summed E-state index contributed by atoms with van der Waals surface area (Å²) in [7, 11) is 1.67. The highest BCUT2D eigenvalue weighted by atomic mass is 16.5. The third kappa shape index (κ3) is 3.53. The molecule has 0 bridgehead atoms. The Hall–Kier alpha value is -2.90. The van der Waals surface area contributed by atoms with Gasteiger partial charge < -0.3 is 14.7 Å². The first-order valence-corrected chi connectivity index (χ1v) is 7.99. The van der Waals surface area contributed by atoms with Crippen LogP contribution < -0.4 is 15.4 Å². The first-order valence-electron chi connectivity index (χ1n) is 7.99. The molecule has 2 N–H and O–H groups in total. The second kappa shape index (κ2) is 6.69. The zero-order chi connectivity index (χ0) is 17.1. The monoisotopic (exact) mass is 318 g/mol. The van der Waals surface area contributed by atoms with Gasteiger partial charge in [-0.1, -0.05) is 17.9 Å². The third-order valence-electron chi connectivity index (χ3n) is 4.04. The normalized spacial score (nSPS) is 11.4.